The maximum Gasteiger partial charge on any atom is 0.166 e. The van der Waals surface area contributed by atoms with Gasteiger partial charge in [0.05, 0.1) is 16.7 Å². The molecule has 0 aliphatic heterocycles. The molecule has 1 aliphatic rings. The zero-order valence-electron chi connectivity index (χ0n) is 29.5. The molecule has 11 aromatic rings. The minimum atomic E-state index is 0.638. The first-order chi connectivity index (χ1) is 27.2. The maximum atomic E-state index is 6.38. The number of para-hydroxylation sites is 2. The molecule has 0 saturated heterocycles. The fourth-order valence-electron chi connectivity index (χ4n) is 8.62. The van der Waals surface area contributed by atoms with E-state index < -0.39 is 0 Å². The lowest BCUT2D eigenvalue weighted by atomic mass is 9.95. The second-order valence-electron chi connectivity index (χ2n) is 14.3. The van der Waals surface area contributed by atoms with Crippen molar-refractivity contribution in [2.24, 2.45) is 0 Å². The molecule has 55 heavy (non-hydrogen) atoms. The molecule has 0 unspecified atom stereocenters. The maximum absolute atomic E-state index is 6.38. The molecule has 5 nitrogen and oxygen atoms in total. The van der Waals surface area contributed by atoms with E-state index in [9.17, 15) is 0 Å². The zero-order chi connectivity index (χ0) is 36.0. The van der Waals surface area contributed by atoms with E-state index in [4.69, 9.17) is 19.4 Å². The van der Waals surface area contributed by atoms with Crippen LogP contribution < -0.4 is 0 Å². The van der Waals surface area contributed by atoms with Crippen LogP contribution in [-0.4, -0.2) is 19.5 Å². The first-order valence-corrected chi connectivity index (χ1v) is 19.5. The van der Waals surface area contributed by atoms with Gasteiger partial charge < -0.3 is 8.98 Å². The van der Waals surface area contributed by atoms with Crippen LogP contribution in [0.5, 0.6) is 0 Å². The van der Waals surface area contributed by atoms with E-state index in [1.54, 1.807) is 0 Å². The van der Waals surface area contributed by atoms with E-state index in [1.165, 1.54) is 52.7 Å². The van der Waals surface area contributed by atoms with Gasteiger partial charge in [0.25, 0.3) is 0 Å². The minimum Gasteiger partial charge on any atom is -0.456 e. The molecule has 4 aromatic heterocycles. The zero-order valence-corrected chi connectivity index (χ0v) is 30.3. The Kier molecular flexibility index (Phi) is 6.56. The smallest absolute Gasteiger partial charge is 0.166 e. The van der Waals surface area contributed by atoms with E-state index in [0.717, 1.165) is 57.6 Å². The third-order valence-corrected chi connectivity index (χ3v) is 12.3. The summed E-state index contributed by atoms with van der Waals surface area (Å²) in [6.45, 7) is 0. The number of nitrogens with zero attached hydrogens (tertiary/aromatic N) is 4. The standard InChI is InChI=1S/C49H30N4OS/c1-2-12-29(13-3-1)47-50-48(32-22-23-35-34-17-7-10-20-41(34)54-42(35)28-32)52-49(51-47)37-24-25-44-45(36-18-8-11-21-43(36)55-44)46(37)53-39-19-9-6-16-33(39)38-26-30-14-4-5-15-31(30)27-40(38)53/h1-21,24-28H,22-23H2. The van der Waals surface area contributed by atoms with Crippen LogP contribution in [0.2, 0.25) is 0 Å². The molecule has 0 amide bonds. The Morgan fingerprint density at radius 1 is 0.527 bits per heavy atom. The van der Waals surface area contributed by atoms with E-state index in [2.05, 4.69) is 132 Å². The van der Waals surface area contributed by atoms with Gasteiger partial charge in [-0.05, 0) is 72.2 Å². The highest BCUT2D eigenvalue weighted by atomic mass is 32.1. The lowest BCUT2D eigenvalue weighted by Gasteiger charge is -2.17. The number of benzene rings is 7. The van der Waals surface area contributed by atoms with Gasteiger partial charge in [0.1, 0.15) is 11.3 Å². The SMILES string of the molecule is C1=C(c2nc(-c3ccccc3)nc(-c3ccc4sc5ccccc5c4c3-n3c4ccccc4c4cc5ccccc5cc43)n2)CCc2c1oc1ccccc21. The van der Waals surface area contributed by atoms with Gasteiger partial charge in [-0.25, -0.2) is 15.0 Å². The summed E-state index contributed by atoms with van der Waals surface area (Å²) < 4.78 is 11.3. The summed E-state index contributed by atoms with van der Waals surface area (Å²) in [5.74, 6) is 2.84. The third-order valence-electron chi connectivity index (χ3n) is 11.2. The average molecular weight is 723 g/mol. The number of allylic oxidation sites excluding steroid dienone is 1. The summed E-state index contributed by atoms with van der Waals surface area (Å²) in [6, 6.07) is 53.8. The van der Waals surface area contributed by atoms with Crippen molar-refractivity contribution in [3.8, 4) is 28.5 Å². The molecule has 0 atom stereocenters. The van der Waals surface area contributed by atoms with Crippen molar-refractivity contribution < 1.29 is 4.42 Å². The highest BCUT2D eigenvalue weighted by Gasteiger charge is 2.26. The summed E-state index contributed by atoms with van der Waals surface area (Å²) in [5.41, 5.74) is 8.45. The van der Waals surface area contributed by atoms with E-state index >= 15 is 0 Å². The molecule has 1 aliphatic carbocycles. The quantitative estimate of drug-likeness (QED) is 0.181. The number of hydrogen-bond donors (Lipinski definition) is 0. The Morgan fingerprint density at radius 2 is 1.24 bits per heavy atom. The Morgan fingerprint density at radius 3 is 2.13 bits per heavy atom. The number of furan rings is 1. The molecule has 258 valence electrons. The molecule has 0 radical (unpaired) electrons. The largest absolute Gasteiger partial charge is 0.456 e. The van der Waals surface area contributed by atoms with Crippen molar-refractivity contribution in [3.05, 3.63) is 169 Å². The number of fused-ring (bicyclic) bond motifs is 10. The summed E-state index contributed by atoms with van der Waals surface area (Å²) in [4.78, 5) is 15.9. The molecule has 0 fully saturated rings. The average Bonchev–Trinajstić information content (AvgIpc) is 3.92. The third kappa shape index (κ3) is 4.68. The van der Waals surface area contributed by atoms with E-state index in [1.807, 2.05) is 41.7 Å². The number of hydrogen-bond acceptors (Lipinski definition) is 5. The van der Waals surface area contributed by atoms with Gasteiger partial charge >= 0.3 is 0 Å². The molecule has 0 N–H and O–H groups in total. The predicted molar refractivity (Wildman–Crippen MR) is 228 cm³/mol. The lowest BCUT2D eigenvalue weighted by Crippen LogP contribution is -2.07. The van der Waals surface area contributed by atoms with Crippen LogP contribution in [0.15, 0.2) is 156 Å². The highest BCUT2D eigenvalue weighted by Crippen LogP contribution is 2.46. The van der Waals surface area contributed by atoms with Crippen molar-refractivity contribution >= 4 is 86.7 Å². The van der Waals surface area contributed by atoms with Crippen molar-refractivity contribution in [2.75, 3.05) is 0 Å². The molecule has 4 heterocycles. The first kappa shape index (κ1) is 30.6. The van der Waals surface area contributed by atoms with Crippen molar-refractivity contribution in [3.63, 3.8) is 0 Å². The molecule has 0 saturated carbocycles. The van der Waals surface area contributed by atoms with Crippen LogP contribution in [0.1, 0.15) is 23.6 Å². The van der Waals surface area contributed by atoms with Gasteiger partial charge in [0.2, 0.25) is 0 Å². The van der Waals surface area contributed by atoms with Crippen LogP contribution in [0.4, 0.5) is 0 Å². The minimum absolute atomic E-state index is 0.638. The summed E-state index contributed by atoms with van der Waals surface area (Å²) >= 11 is 1.83. The monoisotopic (exact) mass is 722 g/mol. The number of aryl methyl sites for hydroxylation is 1. The fraction of sp³-hybridized carbons (Fsp3) is 0.0408. The Bertz CT molecular complexity index is 3390. The second kappa shape index (κ2) is 11.8. The van der Waals surface area contributed by atoms with Gasteiger partial charge in [0.15, 0.2) is 17.5 Å². The number of thiophene rings is 1. The second-order valence-corrected chi connectivity index (χ2v) is 15.4. The van der Waals surface area contributed by atoms with Crippen LogP contribution in [-0.2, 0) is 6.42 Å². The lowest BCUT2D eigenvalue weighted by molar-refractivity contribution is 0.596. The Balaban J connectivity index is 1.19. The van der Waals surface area contributed by atoms with Gasteiger partial charge in [0, 0.05) is 58.6 Å². The van der Waals surface area contributed by atoms with Crippen LogP contribution in [0.25, 0.3) is 104 Å². The Hall–Kier alpha value is -6.89. The topological polar surface area (TPSA) is 56.7 Å². The molecule has 7 aromatic carbocycles. The van der Waals surface area contributed by atoms with Crippen LogP contribution in [0.3, 0.4) is 0 Å². The van der Waals surface area contributed by atoms with Gasteiger partial charge in [-0.1, -0.05) is 109 Å². The van der Waals surface area contributed by atoms with E-state index in [0.29, 0.717) is 17.5 Å². The van der Waals surface area contributed by atoms with Crippen LogP contribution >= 0.6 is 11.3 Å². The fourth-order valence-corrected chi connectivity index (χ4v) is 9.73. The molecule has 0 bridgehead atoms. The molecule has 12 rings (SSSR count). The predicted octanol–water partition coefficient (Wildman–Crippen LogP) is 13.1. The first-order valence-electron chi connectivity index (χ1n) is 18.6. The van der Waals surface area contributed by atoms with Gasteiger partial charge in [-0.3, -0.25) is 0 Å². The van der Waals surface area contributed by atoms with Gasteiger partial charge in [-0.2, -0.15) is 0 Å². The van der Waals surface area contributed by atoms with E-state index in [-0.39, 0.29) is 0 Å². The molecular weight excluding hydrogens is 693 g/mol. The molecule has 0 spiro atoms. The molecular formula is C49H30N4OS. The number of rotatable bonds is 4. The summed E-state index contributed by atoms with van der Waals surface area (Å²) in [5, 5.41) is 8.44. The Labute approximate surface area is 319 Å². The summed E-state index contributed by atoms with van der Waals surface area (Å²) in [6.07, 6.45) is 3.80. The van der Waals surface area contributed by atoms with Gasteiger partial charge in [-0.15, -0.1) is 11.3 Å². The van der Waals surface area contributed by atoms with Crippen molar-refractivity contribution in [1.82, 2.24) is 19.5 Å². The van der Waals surface area contributed by atoms with Crippen LogP contribution in [0, 0.1) is 0 Å². The molecule has 6 heteroatoms. The normalized spacial score (nSPS) is 13.1. The van der Waals surface area contributed by atoms with Crippen molar-refractivity contribution in [1.29, 1.82) is 0 Å². The number of aromatic nitrogens is 4. The van der Waals surface area contributed by atoms with Crippen molar-refractivity contribution in [2.45, 2.75) is 12.8 Å². The highest BCUT2D eigenvalue weighted by molar-refractivity contribution is 7.25. The summed E-state index contributed by atoms with van der Waals surface area (Å²) in [7, 11) is 0.